The van der Waals surface area contributed by atoms with E-state index in [0.717, 1.165) is 9.13 Å². The first-order valence-electron chi connectivity index (χ1n) is 6.42. The topological polar surface area (TPSA) is 55.4 Å². The van der Waals surface area contributed by atoms with Crippen molar-refractivity contribution in [2.75, 3.05) is 5.32 Å². The van der Waals surface area contributed by atoms with Crippen molar-refractivity contribution in [3.8, 4) is 5.75 Å². The molecule has 4 nitrogen and oxygen atoms in total. The summed E-state index contributed by atoms with van der Waals surface area (Å²) in [5.74, 6) is -0.474. The number of carbonyl (C=O) groups excluding carboxylic acids is 2. The second kappa shape index (κ2) is 7.40. The minimum absolute atomic E-state index is 0.290. The minimum atomic E-state index is -0.455. The summed E-state index contributed by atoms with van der Waals surface area (Å²) in [4.78, 5) is 23.8. The van der Waals surface area contributed by atoms with E-state index in [-0.39, 0.29) is 11.7 Å². The van der Waals surface area contributed by atoms with Crippen LogP contribution in [0.2, 0.25) is 0 Å². The Morgan fingerprint density at radius 3 is 2.32 bits per heavy atom. The number of hydrogen-bond donors (Lipinski definition) is 1. The van der Waals surface area contributed by atoms with Crippen LogP contribution >= 0.6 is 45.2 Å². The second-order valence-electron chi connectivity index (χ2n) is 4.68. The molecule has 0 aliphatic carbocycles. The zero-order chi connectivity index (χ0) is 16.3. The van der Waals surface area contributed by atoms with Crippen LogP contribution in [0.3, 0.4) is 0 Å². The fourth-order valence-electron chi connectivity index (χ4n) is 1.81. The van der Waals surface area contributed by atoms with E-state index in [4.69, 9.17) is 4.74 Å². The maximum absolute atomic E-state index is 12.5. The number of amides is 1. The highest BCUT2D eigenvalue weighted by Crippen LogP contribution is 2.29. The summed E-state index contributed by atoms with van der Waals surface area (Å²) in [7, 11) is 0. The first-order chi connectivity index (χ1) is 10.4. The minimum Gasteiger partial charge on any atom is -0.425 e. The van der Waals surface area contributed by atoms with Gasteiger partial charge < -0.3 is 10.1 Å². The number of hydrogen-bond acceptors (Lipinski definition) is 3. The van der Waals surface area contributed by atoms with Gasteiger partial charge in [0, 0.05) is 16.2 Å². The monoisotopic (exact) mass is 521 g/mol. The molecule has 0 fully saturated rings. The molecule has 0 aliphatic heterocycles. The SMILES string of the molecule is CC(=O)Oc1c(I)cc(I)cc1C(=O)Nc1ccc(C)cc1. The zero-order valence-electron chi connectivity index (χ0n) is 11.9. The third kappa shape index (κ3) is 4.42. The van der Waals surface area contributed by atoms with Gasteiger partial charge in [-0.1, -0.05) is 17.7 Å². The molecule has 0 heterocycles. The Kier molecular flexibility index (Phi) is 5.79. The number of aryl methyl sites for hydroxylation is 1. The summed E-state index contributed by atoms with van der Waals surface area (Å²) in [5, 5.41) is 2.82. The molecule has 0 aliphatic rings. The predicted molar refractivity (Wildman–Crippen MR) is 102 cm³/mol. The molecule has 1 N–H and O–H groups in total. The molecule has 6 heteroatoms. The van der Waals surface area contributed by atoms with Crippen LogP contribution in [0.15, 0.2) is 36.4 Å². The molecule has 0 radical (unpaired) electrons. The van der Waals surface area contributed by atoms with Crippen molar-refractivity contribution in [2.45, 2.75) is 13.8 Å². The highest BCUT2D eigenvalue weighted by Gasteiger charge is 2.18. The Hall–Kier alpha value is -1.16. The van der Waals surface area contributed by atoms with Crippen molar-refractivity contribution in [3.63, 3.8) is 0 Å². The van der Waals surface area contributed by atoms with Crippen molar-refractivity contribution >= 4 is 62.7 Å². The van der Waals surface area contributed by atoms with Crippen molar-refractivity contribution in [1.29, 1.82) is 0 Å². The number of nitrogens with one attached hydrogen (secondary N) is 1. The molecule has 114 valence electrons. The molecule has 2 rings (SSSR count). The van der Waals surface area contributed by atoms with Gasteiger partial charge in [0.15, 0.2) is 5.75 Å². The zero-order valence-corrected chi connectivity index (χ0v) is 16.3. The molecule has 0 unspecified atom stereocenters. The van der Waals surface area contributed by atoms with Crippen LogP contribution in [-0.4, -0.2) is 11.9 Å². The van der Waals surface area contributed by atoms with E-state index in [1.807, 2.05) is 37.3 Å². The summed E-state index contributed by atoms with van der Waals surface area (Å²) < 4.78 is 6.81. The van der Waals surface area contributed by atoms with Gasteiger partial charge in [-0.2, -0.15) is 0 Å². The lowest BCUT2D eigenvalue weighted by Gasteiger charge is -2.12. The number of carbonyl (C=O) groups is 2. The fraction of sp³-hybridized carbons (Fsp3) is 0.125. The average Bonchev–Trinajstić information content (AvgIpc) is 2.43. The van der Waals surface area contributed by atoms with Gasteiger partial charge in [0.1, 0.15) is 0 Å². The van der Waals surface area contributed by atoms with Crippen LogP contribution in [0, 0.1) is 14.1 Å². The lowest BCUT2D eigenvalue weighted by atomic mass is 10.1. The van der Waals surface area contributed by atoms with Crippen LogP contribution in [0.1, 0.15) is 22.8 Å². The van der Waals surface area contributed by atoms with Gasteiger partial charge in [-0.3, -0.25) is 9.59 Å². The molecule has 0 aromatic heterocycles. The molecule has 22 heavy (non-hydrogen) atoms. The Balaban J connectivity index is 2.35. The van der Waals surface area contributed by atoms with E-state index >= 15 is 0 Å². The van der Waals surface area contributed by atoms with Crippen LogP contribution < -0.4 is 10.1 Å². The van der Waals surface area contributed by atoms with Gasteiger partial charge in [0.2, 0.25) is 0 Å². The first kappa shape index (κ1) is 17.2. The summed E-state index contributed by atoms with van der Waals surface area (Å²) in [5.41, 5.74) is 2.15. The number of ether oxygens (including phenoxy) is 1. The molecular formula is C16H13I2NO3. The second-order valence-corrected chi connectivity index (χ2v) is 7.09. The summed E-state index contributed by atoms with van der Waals surface area (Å²) in [6, 6.07) is 11.0. The molecule has 0 saturated carbocycles. The molecule has 0 saturated heterocycles. The number of esters is 1. The van der Waals surface area contributed by atoms with E-state index in [9.17, 15) is 9.59 Å². The molecule has 1 amide bonds. The fourth-order valence-corrected chi connectivity index (χ4v) is 3.77. The van der Waals surface area contributed by atoms with Crippen molar-refractivity contribution in [2.24, 2.45) is 0 Å². The highest BCUT2D eigenvalue weighted by molar-refractivity contribution is 14.1. The van der Waals surface area contributed by atoms with Gasteiger partial charge in [0.05, 0.1) is 9.13 Å². The Morgan fingerprint density at radius 1 is 1.09 bits per heavy atom. The maximum Gasteiger partial charge on any atom is 0.308 e. The van der Waals surface area contributed by atoms with Crippen molar-refractivity contribution in [3.05, 3.63) is 54.7 Å². The Bertz CT molecular complexity index is 727. The summed E-state index contributed by atoms with van der Waals surface area (Å²) >= 11 is 4.18. The van der Waals surface area contributed by atoms with Crippen molar-refractivity contribution < 1.29 is 14.3 Å². The molecule has 0 atom stereocenters. The van der Waals surface area contributed by atoms with E-state index < -0.39 is 5.97 Å². The van der Waals surface area contributed by atoms with Gasteiger partial charge in [-0.15, -0.1) is 0 Å². The quantitative estimate of drug-likeness (QED) is 0.371. The van der Waals surface area contributed by atoms with Crippen LogP contribution in [-0.2, 0) is 4.79 Å². The van der Waals surface area contributed by atoms with E-state index in [1.165, 1.54) is 6.92 Å². The smallest absolute Gasteiger partial charge is 0.308 e. The molecule has 0 bridgehead atoms. The summed E-state index contributed by atoms with van der Waals surface area (Å²) in [6.07, 6.45) is 0. The third-order valence-electron chi connectivity index (χ3n) is 2.81. The number of halogens is 2. The first-order valence-corrected chi connectivity index (χ1v) is 8.58. The summed E-state index contributed by atoms with van der Waals surface area (Å²) in [6.45, 7) is 3.29. The van der Waals surface area contributed by atoms with E-state index in [0.29, 0.717) is 14.8 Å². The number of rotatable bonds is 3. The van der Waals surface area contributed by atoms with Crippen molar-refractivity contribution in [1.82, 2.24) is 0 Å². The lowest BCUT2D eigenvalue weighted by Crippen LogP contribution is -2.16. The largest absolute Gasteiger partial charge is 0.425 e. The standard InChI is InChI=1S/C16H13I2NO3/c1-9-3-5-12(6-4-9)19-16(21)13-7-11(17)8-14(18)15(13)22-10(2)20/h3-8H,1-2H3,(H,19,21). The molecule has 0 spiro atoms. The van der Waals surface area contributed by atoms with Gasteiger partial charge >= 0.3 is 5.97 Å². The highest BCUT2D eigenvalue weighted by atomic mass is 127. The number of anilines is 1. The van der Waals surface area contributed by atoms with E-state index in [1.54, 1.807) is 6.07 Å². The van der Waals surface area contributed by atoms with Gasteiger partial charge in [-0.05, 0) is 76.4 Å². The maximum atomic E-state index is 12.5. The van der Waals surface area contributed by atoms with Crippen LogP contribution in [0.5, 0.6) is 5.75 Å². The van der Waals surface area contributed by atoms with Gasteiger partial charge in [0.25, 0.3) is 5.91 Å². The van der Waals surface area contributed by atoms with Crippen LogP contribution in [0.4, 0.5) is 5.69 Å². The third-order valence-corrected chi connectivity index (χ3v) is 4.23. The Morgan fingerprint density at radius 2 is 1.73 bits per heavy atom. The number of benzene rings is 2. The van der Waals surface area contributed by atoms with Crippen LogP contribution in [0.25, 0.3) is 0 Å². The van der Waals surface area contributed by atoms with Gasteiger partial charge in [-0.25, -0.2) is 0 Å². The predicted octanol–water partition coefficient (Wildman–Crippen LogP) is 4.38. The lowest BCUT2D eigenvalue weighted by molar-refractivity contribution is -0.131. The average molecular weight is 521 g/mol. The molecule has 2 aromatic carbocycles. The van der Waals surface area contributed by atoms with E-state index in [2.05, 4.69) is 50.5 Å². The molecule has 2 aromatic rings. The molecular weight excluding hydrogens is 508 g/mol. The normalized spacial score (nSPS) is 10.2. The Labute approximate surface area is 155 Å².